The van der Waals surface area contributed by atoms with E-state index < -0.39 is 0 Å². The smallest absolute Gasteiger partial charge is 0.0947 e. The Labute approximate surface area is 125 Å². The fourth-order valence-corrected chi connectivity index (χ4v) is 3.58. The SMILES string of the molecule is CCC(c1ccccc1)C(Cc1nc(C)c(C)s1)NN. The first-order chi connectivity index (χ1) is 9.65. The molecule has 0 aliphatic carbocycles. The third-order valence-electron chi connectivity index (χ3n) is 3.83. The average molecular weight is 289 g/mol. The highest BCUT2D eigenvalue weighted by Crippen LogP contribution is 2.27. The number of aryl methyl sites for hydroxylation is 2. The first kappa shape index (κ1) is 15.2. The number of nitrogens with two attached hydrogens (primary N) is 1. The molecule has 0 aliphatic rings. The molecule has 0 aliphatic heterocycles. The Balaban J connectivity index is 2.17. The maximum Gasteiger partial charge on any atom is 0.0947 e. The van der Waals surface area contributed by atoms with Gasteiger partial charge in [0.15, 0.2) is 0 Å². The van der Waals surface area contributed by atoms with Gasteiger partial charge in [0.25, 0.3) is 0 Å². The molecule has 0 fully saturated rings. The van der Waals surface area contributed by atoms with E-state index in [1.165, 1.54) is 10.4 Å². The van der Waals surface area contributed by atoms with E-state index in [9.17, 15) is 0 Å². The van der Waals surface area contributed by atoms with Crippen molar-refractivity contribution in [2.75, 3.05) is 0 Å². The number of benzene rings is 1. The lowest BCUT2D eigenvalue weighted by Crippen LogP contribution is -2.41. The summed E-state index contributed by atoms with van der Waals surface area (Å²) in [5, 5.41) is 1.16. The predicted molar refractivity (Wildman–Crippen MR) is 85.9 cm³/mol. The van der Waals surface area contributed by atoms with Crippen LogP contribution in [-0.2, 0) is 6.42 Å². The van der Waals surface area contributed by atoms with Gasteiger partial charge in [-0.2, -0.15) is 0 Å². The molecule has 0 spiro atoms. The molecule has 1 aromatic carbocycles. The fourth-order valence-electron chi connectivity index (χ4n) is 2.58. The quantitative estimate of drug-likeness (QED) is 0.633. The molecule has 0 saturated carbocycles. The van der Waals surface area contributed by atoms with Crippen LogP contribution in [0.15, 0.2) is 30.3 Å². The van der Waals surface area contributed by atoms with E-state index in [4.69, 9.17) is 5.84 Å². The summed E-state index contributed by atoms with van der Waals surface area (Å²) < 4.78 is 0. The normalized spacial score (nSPS) is 14.2. The molecule has 3 N–H and O–H groups in total. The van der Waals surface area contributed by atoms with Crippen LogP contribution < -0.4 is 11.3 Å². The molecule has 108 valence electrons. The monoisotopic (exact) mass is 289 g/mol. The van der Waals surface area contributed by atoms with E-state index in [1.807, 2.05) is 0 Å². The number of nitrogens with one attached hydrogen (secondary N) is 1. The number of aromatic nitrogens is 1. The van der Waals surface area contributed by atoms with Crippen molar-refractivity contribution in [2.45, 2.75) is 45.6 Å². The molecule has 0 bridgehead atoms. The number of hydrazine groups is 1. The maximum atomic E-state index is 5.81. The minimum absolute atomic E-state index is 0.215. The summed E-state index contributed by atoms with van der Waals surface area (Å²) in [5.41, 5.74) is 5.46. The Morgan fingerprint density at radius 1 is 1.25 bits per heavy atom. The molecule has 2 unspecified atom stereocenters. The number of hydrogen-bond donors (Lipinski definition) is 2. The highest BCUT2D eigenvalue weighted by Gasteiger charge is 2.22. The molecule has 0 radical (unpaired) electrons. The van der Waals surface area contributed by atoms with Crippen LogP contribution in [0.2, 0.25) is 0 Å². The Morgan fingerprint density at radius 2 is 1.95 bits per heavy atom. The van der Waals surface area contributed by atoms with Crippen LogP contribution in [0.25, 0.3) is 0 Å². The second-order valence-corrected chi connectivity index (χ2v) is 6.44. The minimum atomic E-state index is 0.215. The first-order valence-electron chi connectivity index (χ1n) is 7.09. The van der Waals surface area contributed by atoms with E-state index in [2.05, 4.69) is 61.5 Å². The molecule has 2 atom stereocenters. The highest BCUT2D eigenvalue weighted by atomic mass is 32.1. The Hall–Kier alpha value is -1.23. The second-order valence-electron chi connectivity index (χ2n) is 5.15. The maximum absolute atomic E-state index is 5.81. The Bertz CT molecular complexity index is 516. The van der Waals surface area contributed by atoms with Gasteiger partial charge in [0, 0.05) is 23.3 Å². The van der Waals surface area contributed by atoms with Gasteiger partial charge in [-0.15, -0.1) is 11.3 Å². The summed E-state index contributed by atoms with van der Waals surface area (Å²) in [6, 6.07) is 10.8. The summed E-state index contributed by atoms with van der Waals surface area (Å²) in [7, 11) is 0. The summed E-state index contributed by atoms with van der Waals surface area (Å²) in [6.45, 7) is 6.39. The van der Waals surface area contributed by atoms with Crippen LogP contribution in [0, 0.1) is 13.8 Å². The van der Waals surface area contributed by atoms with Crippen molar-refractivity contribution in [3.8, 4) is 0 Å². The molecular weight excluding hydrogens is 266 g/mol. The van der Waals surface area contributed by atoms with E-state index in [0.29, 0.717) is 5.92 Å². The summed E-state index contributed by atoms with van der Waals surface area (Å²) in [6.07, 6.45) is 1.94. The standard InChI is InChI=1S/C16H23N3S/c1-4-14(13-8-6-5-7-9-13)15(19-17)10-16-18-11(2)12(3)20-16/h5-9,14-15,19H,4,10,17H2,1-3H3. The van der Waals surface area contributed by atoms with Crippen LogP contribution in [-0.4, -0.2) is 11.0 Å². The predicted octanol–water partition coefficient (Wildman–Crippen LogP) is 3.33. The molecule has 1 aromatic heterocycles. The van der Waals surface area contributed by atoms with Gasteiger partial charge in [-0.25, -0.2) is 4.98 Å². The van der Waals surface area contributed by atoms with Crippen molar-refractivity contribution in [1.29, 1.82) is 0 Å². The first-order valence-corrected chi connectivity index (χ1v) is 7.91. The number of thiazole rings is 1. The summed E-state index contributed by atoms with van der Waals surface area (Å²) in [4.78, 5) is 5.93. The van der Waals surface area contributed by atoms with Gasteiger partial charge < -0.3 is 0 Å². The van der Waals surface area contributed by atoms with Crippen molar-refractivity contribution >= 4 is 11.3 Å². The molecule has 3 nitrogen and oxygen atoms in total. The van der Waals surface area contributed by atoms with Crippen molar-refractivity contribution in [1.82, 2.24) is 10.4 Å². The van der Waals surface area contributed by atoms with Gasteiger partial charge in [0.2, 0.25) is 0 Å². The van der Waals surface area contributed by atoms with Crippen LogP contribution in [0.3, 0.4) is 0 Å². The van der Waals surface area contributed by atoms with Gasteiger partial charge in [0.1, 0.15) is 0 Å². The molecule has 1 heterocycles. The van der Waals surface area contributed by atoms with Crippen LogP contribution in [0.5, 0.6) is 0 Å². The van der Waals surface area contributed by atoms with Gasteiger partial charge in [-0.1, -0.05) is 37.3 Å². The Kier molecular flexibility index (Phi) is 5.29. The molecule has 2 aromatic rings. The number of nitrogens with zero attached hydrogens (tertiary/aromatic N) is 1. The molecule has 20 heavy (non-hydrogen) atoms. The lowest BCUT2D eigenvalue weighted by molar-refractivity contribution is 0.427. The largest absolute Gasteiger partial charge is 0.271 e. The van der Waals surface area contributed by atoms with Gasteiger partial charge in [0.05, 0.1) is 10.7 Å². The lowest BCUT2D eigenvalue weighted by Gasteiger charge is -2.25. The zero-order valence-electron chi connectivity index (χ0n) is 12.4. The molecule has 0 amide bonds. The van der Waals surface area contributed by atoms with Gasteiger partial charge in [-0.3, -0.25) is 11.3 Å². The second kappa shape index (κ2) is 6.97. The number of hydrogen-bond acceptors (Lipinski definition) is 4. The van der Waals surface area contributed by atoms with E-state index in [0.717, 1.165) is 23.5 Å². The van der Waals surface area contributed by atoms with Gasteiger partial charge >= 0.3 is 0 Å². The zero-order valence-corrected chi connectivity index (χ0v) is 13.2. The van der Waals surface area contributed by atoms with Crippen molar-refractivity contribution in [3.05, 3.63) is 51.5 Å². The molecule has 0 saturated heterocycles. The molecule has 4 heteroatoms. The minimum Gasteiger partial charge on any atom is -0.271 e. The van der Waals surface area contributed by atoms with Gasteiger partial charge in [-0.05, 0) is 25.8 Å². The Morgan fingerprint density at radius 3 is 2.45 bits per heavy atom. The average Bonchev–Trinajstić information content (AvgIpc) is 2.78. The van der Waals surface area contributed by atoms with Crippen molar-refractivity contribution in [2.24, 2.45) is 5.84 Å². The third kappa shape index (κ3) is 3.45. The van der Waals surface area contributed by atoms with E-state index in [-0.39, 0.29) is 6.04 Å². The topological polar surface area (TPSA) is 50.9 Å². The highest BCUT2D eigenvalue weighted by molar-refractivity contribution is 7.11. The number of rotatable bonds is 6. The molecular formula is C16H23N3S. The van der Waals surface area contributed by atoms with E-state index in [1.54, 1.807) is 11.3 Å². The van der Waals surface area contributed by atoms with Crippen LogP contribution in [0.4, 0.5) is 0 Å². The zero-order chi connectivity index (χ0) is 14.5. The third-order valence-corrected chi connectivity index (χ3v) is 4.93. The van der Waals surface area contributed by atoms with Crippen LogP contribution >= 0.6 is 11.3 Å². The summed E-state index contributed by atoms with van der Waals surface area (Å²) >= 11 is 1.77. The van der Waals surface area contributed by atoms with E-state index >= 15 is 0 Å². The summed E-state index contributed by atoms with van der Waals surface area (Å²) in [5.74, 6) is 6.21. The van der Waals surface area contributed by atoms with Crippen LogP contribution in [0.1, 0.15) is 40.4 Å². The van der Waals surface area contributed by atoms with Crippen molar-refractivity contribution < 1.29 is 0 Å². The fraction of sp³-hybridized carbons (Fsp3) is 0.438. The lowest BCUT2D eigenvalue weighted by atomic mass is 9.88. The molecule has 2 rings (SSSR count). The van der Waals surface area contributed by atoms with Crippen molar-refractivity contribution in [3.63, 3.8) is 0 Å².